The molecule has 0 aliphatic carbocycles. The number of aryl methyl sites for hydroxylation is 1. The second-order valence-electron chi connectivity index (χ2n) is 8.51. The van der Waals surface area contributed by atoms with E-state index in [4.69, 9.17) is 16.3 Å². The minimum Gasteiger partial charge on any atom is -0.530 e. The highest BCUT2D eigenvalue weighted by Gasteiger charge is 2.34. The fourth-order valence-corrected chi connectivity index (χ4v) is 5.73. The summed E-state index contributed by atoms with van der Waals surface area (Å²) in [7, 11) is 1.49. The molecule has 188 valence electrons. The molecule has 0 radical (unpaired) electrons. The maximum absolute atomic E-state index is 13.7. The Balaban J connectivity index is 1.77. The molecule has 3 amide bonds. The number of methoxy groups -OCH3 is 1. The number of halogens is 1. The van der Waals surface area contributed by atoms with Crippen molar-refractivity contribution in [2.75, 3.05) is 24.3 Å². The number of fused-ring (bicyclic) bond motifs is 1. The molecule has 8 nitrogen and oxygen atoms in total. The van der Waals surface area contributed by atoms with Crippen molar-refractivity contribution in [3.63, 3.8) is 0 Å². The molecule has 0 bridgehead atoms. The summed E-state index contributed by atoms with van der Waals surface area (Å²) in [6, 6.07) is 12.0. The normalized spacial score (nSPS) is 14.7. The van der Waals surface area contributed by atoms with Gasteiger partial charge in [-0.15, -0.1) is 11.3 Å². The predicted octanol–water partition coefficient (Wildman–Crippen LogP) is 4.88. The second kappa shape index (κ2) is 10.6. The minimum atomic E-state index is -1.27. The van der Waals surface area contributed by atoms with Crippen molar-refractivity contribution in [1.29, 1.82) is 0 Å². The van der Waals surface area contributed by atoms with E-state index >= 15 is 0 Å². The molecule has 3 aromatic rings. The third kappa shape index (κ3) is 5.17. The van der Waals surface area contributed by atoms with E-state index in [0.29, 0.717) is 43.9 Å². The van der Waals surface area contributed by atoms with Crippen LogP contribution in [-0.4, -0.2) is 36.5 Å². The van der Waals surface area contributed by atoms with Gasteiger partial charge in [0.25, 0.3) is 11.8 Å². The van der Waals surface area contributed by atoms with Crippen LogP contribution in [0.3, 0.4) is 0 Å². The Morgan fingerprint density at radius 1 is 1.14 bits per heavy atom. The summed E-state index contributed by atoms with van der Waals surface area (Å²) in [6.07, 6.45) is -0.674. The summed E-state index contributed by atoms with van der Waals surface area (Å²) in [6.45, 7) is 4.14. The van der Waals surface area contributed by atoms with Crippen molar-refractivity contribution in [3.05, 3.63) is 74.6 Å². The summed E-state index contributed by atoms with van der Waals surface area (Å²) in [4.78, 5) is 40.3. The Bertz CT molecular complexity index is 1320. The fourth-order valence-electron chi connectivity index (χ4n) is 4.26. The number of carbonyl (C=O) groups is 3. The van der Waals surface area contributed by atoms with Crippen LogP contribution in [0.1, 0.15) is 56.0 Å². The van der Waals surface area contributed by atoms with Crippen molar-refractivity contribution >= 4 is 51.5 Å². The van der Waals surface area contributed by atoms with Crippen LogP contribution in [0.2, 0.25) is 5.02 Å². The topological polar surface area (TPSA) is 111 Å². The van der Waals surface area contributed by atoms with Crippen LogP contribution in [0, 0.1) is 6.92 Å². The molecule has 2 heterocycles. The van der Waals surface area contributed by atoms with Gasteiger partial charge in [0.05, 0.1) is 24.9 Å². The van der Waals surface area contributed by atoms with Gasteiger partial charge in [0.2, 0.25) is 0 Å². The number of benzene rings is 2. The standard InChI is InChI=1S/C26H26ClN3O5S/c1-4-15-12-30(26(33)34)13-20-21(15)22(24(32)28-18-11-17(27)9-10-19(18)35-3)25(36-20)29-23(31)16-7-5-14(2)6-8-16/h5-11,15H,4,12-13H2,1-3H3,(H,28,32)(H,29,31)(H,33,34)/p-1. The molecule has 1 atom stereocenters. The lowest BCUT2D eigenvalue weighted by molar-refractivity contribution is -0.266. The zero-order chi connectivity index (χ0) is 26.0. The molecule has 36 heavy (non-hydrogen) atoms. The van der Waals surface area contributed by atoms with Gasteiger partial charge in [0.15, 0.2) is 0 Å². The van der Waals surface area contributed by atoms with Crippen LogP contribution < -0.4 is 20.5 Å². The molecule has 2 N–H and O–H groups in total. The van der Waals surface area contributed by atoms with Crippen molar-refractivity contribution in [2.45, 2.75) is 32.7 Å². The SMILES string of the molecule is CCC1CN(C(=O)[O-])Cc2sc(NC(=O)c3ccc(C)cc3)c(C(=O)Nc3cc(Cl)ccc3OC)c21. The van der Waals surface area contributed by atoms with Crippen LogP contribution in [-0.2, 0) is 6.54 Å². The number of amides is 3. The van der Waals surface area contributed by atoms with E-state index in [9.17, 15) is 19.5 Å². The van der Waals surface area contributed by atoms with Gasteiger partial charge in [0.1, 0.15) is 16.8 Å². The Kier molecular flexibility index (Phi) is 7.51. The van der Waals surface area contributed by atoms with Crippen LogP contribution in [0.4, 0.5) is 15.5 Å². The first-order valence-electron chi connectivity index (χ1n) is 11.4. The fraction of sp³-hybridized carbons (Fsp3) is 0.269. The Labute approximate surface area is 217 Å². The third-order valence-corrected chi connectivity index (χ3v) is 7.47. The zero-order valence-electron chi connectivity index (χ0n) is 20.0. The summed E-state index contributed by atoms with van der Waals surface area (Å²) >= 11 is 7.34. The number of carboxylic acid groups (broad SMARTS) is 1. The monoisotopic (exact) mass is 526 g/mol. The van der Waals surface area contributed by atoms with E-state index in [2.05, 4.69) is 10.6 Å². The van der Waals surface area contributed by atoms with Gasteiger partial charge < -0.3 is 30.2 Å². The molecule has 1 aromatic heterocycles. The highest BCUT2D eigenvalue weighted by molar-refractivity contribution is 7.17. The lowest BCUT2D eigenvalue weighted by Crippen LogP contribution is -2.45. The van der Waals surface area contributed by atoms with E-state index in [1.165, 1.54) is 23.3 Å². The van der Waals surface area contributed by atoms with E-state index in [-0.39, 0.29) is 24.9 Å². The Hall–Kier alpha value is -3.56. The maximum Gasteiger partial charge on any atom is 0.259 e. The maximum atomic E-state index is 13.7. The molecule has 1 aliphatic rings. The number of hydrogen-bond donors (Lipinski definition) is 2. The van der Waals surface area contributed by atoms with Crippen LogP contribution in [0.5, 0.6) is 5.75 Å². The molecular weight excluding hydrogens is 502 g/mol. The van der Waals surface area contributed by atoms with Gasteiger partial charge in [-0.3, -0.25) is 9.59 Å². The van der Waals surface area contributed by atoms with E-state index in [0.717, 1.165) is 11.1 Å². The van der Waals surface area contributed by atoms with E-state index in [1.54, 1.807) is 30.3 Å². The third-order valence-electron chi connectivity index (χ3n) is 6.13. The molecule has 0 saturated carbocycles. The zero-order valence-corrected chi connectivity index (χ0v) is 21.6. The molecule has 0 saturated heterocycles. The highest BCUT2D eigenvalue weighted by Crippen LogP contribution is 2.44. The summed E-state index contributed by atoms with van der Waals surface area (Å²) in [5, 5.41) is 18.1. The Morgan fingerprint density at radius 3 is 2.50 bits per heavy atom. The quantitative estimate of drug-likeness (QED) is 0.476. The van der Waals surface area contributed by atoms with Gasteiger partial charge in [-0.25, -0.2) is 0 Å². The minimum absolute atomic E-state index is 0.0833. The van der Waals surface area contributed by atoms with Crippen molar-refractivity contribution in [3.8, 4) is 5.75 Å². The summed E-state index contributed by atoms with van der Waals surface area (Å²) in [5.74, 6) is -0.632. The first-order chi connectivity index (χ1) is 17.2. The van der Waals surface area contributed by atoms with Gasteiger partial charge in [-0.2, -0.15) is 0 Å². The van der Waals surface area contributed by atoms with Gasteiger partial charge >= 0.3 is 0 Å². The van der Waals surface area contributed by atoms with Crippen molar-refractivity contribution in [2.24, 2.45) is 0 Å². The number of nitrogens with zero attached hydrogens (tertiary/aromatic N) is 1. The molecule has 0 spiro atoms. The average Bonchev–Trinajstić information content (AvgIpc) is 3.21. The smallest absolute Gasteiger partial charge is 0.259 e. The van der Waals surface area contributed by atoms with E-state index < -0.39 is 12.0 Å². The van der Waals surface area contributed by atoms with Gasteiger partial charge in [-0.1, -0.05) is 36.2 Å². The number of thiophene rings is 1. The first-order valence-corrected chi connectivity index (χ1v) is 12.6. The summed E-state index contributed by atoms with van der Waals surface area (Å²) < 4.78 is 5.36. The predicted molar refractivity (Wildman–Crippen MR) is 138 cm³/mol. The van der Waals surface area contributed by atoms with Gasteiger partial charge in [0, 0.05) is 27.9 Å². The average molecular weight is 527 g/mol. The number of anilines is 2. The molecule has 10 heteroatoms. The number of nitrogens with one attached hydrogen (secondary N) is 2. The largest absolute Gasteiger partial charge is 0.530 e. The lowest BCUT2D eigenvalue weighted by Gasteiger charge is -2.34. The molecule has 4 rings (SSSR count). The van der Waals surface area contributed by atoms with Crippen LogP contribution >= 0.6 is 22.9 Å². The van der Waals surface area contributed by atoms with E-state index in [1.807, 2.05) is 26.0 Å². The van der Waals surface area contributed by atoms with Gasteiger partial charge in [-0.05, 0) is 49.2 Å². The molecule has 1 aliphatic heterocycles. The van der Waals surface area contributed by atoms with Crippen LogP contribution in [0.25, 0.3) is 0 Å². The Morgan fingerprint density at radius 2 is 1.86 bits per heavy atom. The lowest BCUT2D eigenvalue weighted by atomic mass is 9.89. The number of hydrogen-bond acceptors (Lipinski definition) is 6. The molecule has 2 aromatic carbocycles. The first kappa shape index (κ1) is 25.5. The molecular formula is C26H25ClN3O5S-. The van der Waals surface area contributed by atoms with Crippen molar-refractivity contribution in [1.82, 2.24) is 4.90 Å². The number of ether oxygens (including phenoxy) is 1. The summed E-state index contributed by atoms with van der Waals surface area (Å²) in [5.41, 5.74) is 2.88. The van der Waals surface area contributed by atoms with Crippen LogP contribution in [0.15, 0.2) is 42.5 Å². The highest BCUT2D eigenvalue weighted by atomic mass is 35.5. The number of rotatable bonds is 6. The number of carbonyl (C=O) groups excluding carboxylic acids is 3. The molecule has 1 unspecified atom stereocenters. The molecule has 0 fully saturated rings. The second-order valence-corrected chi connectivity index (χ2v) is 10.1. The van der Waals surface area contributed by atoms with Crippen molar-refractivity contribution < 1.29 is 24.2 Å².